The SMILES string of the molecule is COC(=O)C1CC(N(C)S(=O)(=O)c2ccc(C)cc2)CN(C(=O)OC(C)(C)C)C1. The molecule has 1 aromatic carbocycles. The van der Waals surface area contributed by atoms with E-state index in [2.05, 4.69) is 0 Å². The lowest BCUT2D eigenvalue weighted by atomic mass is 9.94. The topological polar surface area (TPSA) is 93.2 Å². The zero-order valence-electron chi connectivity index (χ0n) is 17.8. The molecule has 162 valence electrons. The fourth-order valence-corrected chi connectivity index (χ4v) is 4.58. The Labute approximate surface area is 172 Å². The number of ether oxygens (including phenoxy) is 2. The number of aryl methyl sites for hydroxylation is 1. The zero-order chi connectivity index (χ0) is 22.0. The third-order valence-corrected chi connectivity index (χ3v) is 6.75. The number of likely N-dealkylation sites (N-methyl/N-ethyl adjacent to an activating group) is 1. The van der Waals surface area contributed by atoms with Gasteiger partial charge in [0.1, 0.15) is 5.60 Å². The molecule has 1 aliphatic heterocycles. The Morgan fingerprint density at radius 3 is 2.24 bits per heavy atom. The van der Waals surface area contributed by atoms with Gasteiger partial charge in [-0.25, -0.2) is 13.2 Å². The van der Waals surface area contributed by atoms with Gasteiger partial charge in [-0.2, -0.15) is 4.31 Å². The normalized spacial score (nSPS) is 20.4. The van der Waals surface area contributed by atoms with Crippen LogP contribution in [-0.4, -0.2) is 68.6 Å². The highest BCUT2D eigenvalue weighted by Crippen LogP contribution is 2.27. The maximum absolute atomic E-state index is 13.1. The fourth-order valence-electron chi connectivity index (χ4n) is 3.22. The van der Waals surface area contributed by atoms with Gasteiger partial charge in [-0.3, -0.25) is 4.79 Å². The summed E-state index contributed by atoms with van der Waals surface area (Å²) in [5.41, 5.74) is 0.246. The number of likely N-dealkylation sites (tertiary alicyclic amines) is 1. The van der Waals surface area contributed by atoms with Crippen LogP contribution in [0.4, 0.5) is 4.79 Å². The number of methoxy groups -OCH3 is 1. The van der Waals surface area contributed by atoms with E-state index in [-0.39, 0.29) is 24.4 Å². The molecule has 1 saturated heterocycles. The van der Waals surface area contributed by atoms with Gasteiger partial charge in [-0.05, 0) is 46.2 Å². The van der Waals surface area contributed by atoms with E-state index >= 15 is 0 Å². The molecule has 2 atom stereocenters. The van der Waals surface area contributed by atoms with E-state index in [9.17, 15) is 18.0 Å². The van der Waals surface area contributed by atoms with Crippen molar-refractivity contribution in [1.82, 2.24) is 9.21 Å². The van der Waals surface area contributed by atoms with Gasteiger partial charge in [0.05, 0.1) is 17.9 Å². The van der Waals surface area contributed by atoms with Crippen LogP contribution < -0.4 is 0 Å². The number of carbonyl (C=O) groups excluding carboxylic acids is 2. The Hall–Kier alpha value is -2.13. The van der Waals surface area contributed by atoms with Crippen LogP contribution in [0.5, 0.6) is 0 Å². The molecule has 0 saturated carbocycles. The third kappa shape index (κ3) is 5.70. The molecule has 0 radical (unpaired) electrons. The minimum Gasteiger partial charge on any atom is -0.469 e. The summed E-state index contributed by atoms with van der Waals surface area (Å²) in [6.45, 7) is 7.37. The van der Waals surface area contributed by atoms with Crippen LogP contribution in [0.15, 0.2) is 29.2 Å². The second kappa shape index (κ2) is 8.71. The van der Waals surface area contributed by atoms with Crippen LogP contribution in [-0.2, 0) is 24.3 Å². The number of carbonyl (C=O) groups is 2. The van der Waals surface area contributed by atoms with Gasteiger partial charge < -0.3 is 14.4 Å². The number of hydrogen-bond acceptors (Lipinski definition) is 6. The Bertz CT molecular complexity index is 845. The molecule has 2 rings (SSSR count). The van der Waals surface area contributed by atoms with Crippen molar-refractivity contribution in [3.05, 3.63) is 29.8 Å². The number of hydrogen-bond donors (Lipinski definition) is 0. The maximum atomic E-state index is 13.1. The van der Waals surface area contributed by atoms with E-state index < -0.39 is 39.6 Å². The van der Waals surface area contributed by atoms with Crippen molar-refractivity contribution >= 4 is 22.1 Å². The van der Waals surface area contributed by atoms with Crippen LogP contribution in [0.3, 0.4) is 0 Å². The van der Waals surface area contributed by atoms with Crippen LogP contribution in [0.1, 0.15) is 32.8 Å². The Balaban J connectivity index is 2.29. The zero-order valence-corrected chi connectivity index (χ0v) is 18.7. The molecule has 2 unspecified atom stereocenters. The van der Waals surface area contributed by atoms with Crippen molar-refractivity contribution in [2.24, 2.45) is 5.92 Å². The first kappa shape index (κ1) is 23.2. The average molecular weight is 427 g/mol. The van der Waals surface area contributed by atoms with Gasteiger partial charge >= 0.3 is 12.1 Å². The van der Waals surface area contributed by atoms with Crippen molar-refractivity contribution in [2.75, 3.05) is 27.2 Å². The Morgan fingerprint density at radius 1 is 1.14 bits per heavy atom. The predicted octanol–water partition coefficient (Wildman–Crippen LogP) is 2.41. The smallest absolute Gasteiger partial charge is 0.410 e. The average Bonchev–Trinajstić information content (AvgIpc) is 2.65. The van der Waals surface area contributed by atoms with Crippen LogP contribution in [0.2, 0.25) is 0 Å². The Kier molecular flexibility index (Phi) is 6.95. The predicted molar refractivity (Wildman–Crippen MR) is 108 cm³/mol. The Morgan fingerprint density at radius 2 is 1.72 bits per heavy atom. The van der Waals surface area contributed by atoms with Crippen molar-refractivity contribution in [1.29, 1.82) is 0 Å². The number of benzene rings is 1. The lowest BCUT2D eigenvalue weighted by Gasteiger charge is -2.40. The monoisotopic (exact) mass is 426 g/mol. The summed E-state index contributed by atoms with van der Waals surface area (Å²) in [6.07, 6.45) is -0.328. The summed E-state index contributed by atoms with van der Waals surface area (Å²) in [4.78, 5) is 26.3. The van der Waals surface area contributed by atoms with Gasteiger partial charge in [0, 0.05) is 26.2 Å². The fraction of sp³-hybridized carbons (Fsp3) is 0.600. The highest BCUT2D eigenvalue weighted by Gasteiger charge is 2.40. The van der Waals surface area contributed by atoms with E-state index in [1.807, 2.05) is 6.92 Å². The molecule has 1 aromatic rings. The third-order valence-electron chi connectivity index (χ3n) is 4.83. The quantitative estimate of drug-likeness (QED) is 0.687. The molecule has 8 nitrogen and oxygen atoms in total. The molecule has 0 aromatic heterocycles. The molecule has 1 amide bonds. The lowest BCUT2D eigenvalue weighted by Crippen LogP contribution is -2.55. The lowest BCUT2D eigenvalue weighted by molar-refractivity contribution is -0.147. The van der Waals surface area contributed by atoms with E-state index in [1.54, 1.807) is 45.0 Å². The summed E-state index contributed by atoms with van der Waals surface area (Å²) in [5.74, 6) is -1.12. The van der Waals surface area contributed by atoms with E-state index in [4.69, 9.17) is 9.47 Å². The van der Waals surface area contributed by atoms with Crippen LogP contribution in [0.25, 0.3) is 0 Å². The number of amides is 1. The first-order valence-corrected chi connectivity index (χ1v) is 10.9. The minimum absolute atomic E-state index is 0.122. The first-order chi connectivity index (χ1) is 13.3. The highest BCUT2D eigenvalue weighted by atomic mass is 32.2. The molecular formula is C20H30N2O6S. The van der Waals surface area contributed by atoms with Crippen molar-refractivity contribution in [3.8, 4) is 0 Å². The van der Waals surface area contributed by atoms with Crippen molar-refractivity contribution in [3.63, 3.8) is 0 Å². The van der Waals surface area contributed by atoms with Crippen LogP contribution in [0, 0.1) is 12.8 Å². The number of esters is 1. The second-order valence-electron chi connectivity index (χ2n) is 8.33. The molecule has 0 spiro atoms. The highest BCUT2D eigenvalue weighted by molar-refractivity contribution is 7.89. The molecule has 0 N–H and O–H groups in total. The summed E-state index contributed by atoms with van der Waals surface area (Å²) in [6, 6.07) is 5.96. The summed E-state index contributed by atoms with van der Waals surface area (Å²) < 4.78 is 37.6. The van der Waals surface area contributed by atoms with Gasteiger partial charge in [0.15, 0.2) is 0 Å². The molecule has 29 heavy (non-hydrogen) atoms. The molecular weight excluding hydrogens is 396 g/mol. The second-order valence-corrected chi connectivity index (χ2v) is 10.3. The van der Waals surface area contributed by atoms with Gasteiger partial charge in [0.2, 0.25) is 10.0 Å². The maximum Gasteiger partial charge on any atom is 0.410 e. The summed E-state index contributed by atoms with van der Waals surface area (Å²) >= 11 is 0. The van der Waals surface area contributed by atoms with Gasteiger partial charge in [0.25, 0.3) is 0 Å². The van der Waals surface area contributed by atoms with E-state index in [1.165, 1.54) is 23.4 Å². The summed E-state index contributed by atoms with van der Waals surface area (Å²) in [5, 5.41) is 0. The van der Waals surface area contributed by atoms with Crippen molar-refractivity contribution < 1.29 is 27.5 Å². The first-order valence-electron chi connectivity index (χ1n) is 9.45. The number of sulfonamides is 1. The number of rotatable bonds is 4. The molecule has 0 bridgehead atoms. The van der Waals surface area contributed by atoms with Crippen LogP contribution >= 0.6 is 0 Å². The molecule has 9 heteroatoms. The standard InChI is InChI=1S/C20H30N2O6S/c1-14-7-9-17(10-8-14)29(25,26)21(5)16-11-15(18(23)27-6)12-22(13-16)19(24)28-20(2,3)4/h7-10,15-16H,11-13H2,1-6H3. The van der Waals surface area contributed by atoms with Crippen molar-refractivity contribution in [2.45, 2.75) is 50.7 Å². The van der Waals surface area contributed by atoms with E-state index in [0.29, 0.717) is 0 Å². The summed E-state index contributed by atoms with van der Waals surface area (Å²) in [7, 11) is -1.05. The number of piperidine rings is 1. The number of nitrogens with zero attached hydrogens (tertiary/aromatic N) is 2. The van der Waals surface area contributed by atoms with Gasteiger partial charge in [-0.15, -0.1) is 0 Å². The molecule has 1 aliphatic rings. The minimum atomic E-state index is -3.79. The largest absolute Gasteiger partial charge is 0.469 e. The molecule has 1 fully saturated rings. The van der Waals surface area contributed by atoms with Gasteiger partial charge in [-0.1, -0.05) is 17.7 Å². The van der Waals surface area contributed by atoms with E-state index in [0.717, 1.165) is 5.56 Å². The molecule has 0 aliphatic carbocycles. The molecule has 1 heterocycles.